The molecular formula is C20H18N3NaO5. The smallest absolute Gasteiger partial charge is 0.546 e. The minimum atomic E-state index is -1.41. The van der Waals surface area contributed by atoms with Crippen LogP contribution in [0.5, 0.6) is 5.75 Å². The molecule has 0 aliphatic heterocycles. The second-order valence-corrected chi connectivity index (χ2v) is 6.13. The fraction of sp³-hybridized carbons (Fsp3) is 0.200. The van der Waals surface area contributed by atoms with E-state index in [9.17, 15) is 19.5 Å². The number of primary amides is 1. The first-order chi connectivity index (χ1) is 13.4. The number of Topliss-reactive ketones (excluding diaryl/α,β-unsaturated/α-hetero) is 1. The molecule has 8 nitrogen and oxygen atoms in total. The van der Waals surface area contributed by atoms with Crippen LogP contribution < -0.4 is 45.1 Å². The Balaban J connectivity index is 0.00000300. The van der Waals surface area contributed by atoms with Gasteiger partial charge in [-0.3, -0.25) is 9.59 Å². The number of fused-ring (bicyclic) bond motifs is 1. The number of carbonyl (C=O) groups excluding carboxylic acids is 3. The Morgan fingerprint density at radius 3 is 2.45 bits per heavy atom. The van der Waals surface area contributed by atoms with Gasteiger partial charge in [0.15, 0.2) is 0 Å². The van der Waals surface area contributed by atoms with Crippen LogP contribution in [0, 0.1) is 0 Å². The summed E-state index contributed by atoms with van der Waals surface area (Å²) in [5.74, 6) is -3.29. The van der Waals surface area contributed by atoms with Crippen LogP contribution in [0.25, 0.3) is 5.52 Å². The third-order valence-corrected chi connectivity index (χ3v) is 4.36. The van der Waals surface area contributed by atoms with Gasteiger partial charge in [0.05, 0.1) is 23.4 Å². The van der Waals surface area contributed by atoms with E-state index >= 15 is 0 Å². The summed E-state index contributed by atoms with van der Waals surface area (Å²) in [7, 11) is 0. The van der Waals surface area contributed by atoms with Crippen molar-refractivity contribution in [3.05, 3.63) is 65.0 Å². The van der Waals surface area contributed by atoms with E-state index in [-0.39, 0.29) is 46.4 Å². The monoisotopic (exact) mass is 403 g/mol. The molecule has 0 bridgehead atoms. The number of nitrogens with two attached hydrogens (primary N) is 1. The van der Waals surface area contributed by atoms with E-state index in [2.05, 4.69) is 5.10 Å². The van der Waals surface area contributed by atoms with Crippen LogP contribution in [0.1, 0.15) is 34.1 Å². The first-order valence-electron chi connectivity index (χ1n) is 8.66. The maximum atomic E-state index is 12.6. The molecule has 29 heavy (non-hydrogen) atoms. The van der Waals surface area contributed by atoms with Gasteiger partial charge < -0.3 is 20.4 Å². The topological polar surface area (TPSA) is 127 Å². The number of carboxylic acid groups (broad SMARTS) is 1. The molecule has 0 saturated carbocycles. The Labute approximate surface area is 188 Å². The summed E-state index contributed by atoms with van der Waals surface area (Å²) < 4.78 is 6.79. The number of amides is 1. The first-order valence-corrected chi connectivity index (χ1v) is 8.66. The predicted octanol–water partition coefficient (Wildman–Crippen LogP) is -2.71. The SMILES string of the molecule is CCc1c(C(=O)C(N)=O)c2c(OCC(=O)[O-])ccnn2c1Cc1ccccc1.[Na+]. The molecule has 1 aromatic carbocycles. The van der Waals surface area contributed by atoms with Crippen LogP contribution in [0.2, 0.25) is 0 Å². The fourth-order valence-electron chi connectivity index (χ4n) is 3.23. The fourth-order valence-corrected chi connectivity index (χ4v) is 3.23. The van der Waals surface area contributed by atoms with Gasteiger partial charge in [0.2, 0.25) is 0 Å². The molecule has 2 N–H and O–H groups in total. The molecule has 2 heterocycles. The first kappa shape index (κ1) is 22.6. The average molecular weight is 403 g/mol. The van der Waals surface area contributed by atoms with Crippen molar-refractivity contribution in [3.8, 4) is 5.75 Å². The van der Waals surface area contributed by atoms with Crippen molar-refractivity contribution in [1.29, 1.82) is 0 Å². The number of carbonyl (C=O) groups is 3. The maximum Gasteiger partial charge on any atom is 1.00 e. The summed E-state index contributed by atoms with van der Waals surface area (Å²) in [6.07, 6.45) is 2.33. The number of carboxylic acids is 1. The zero-order chi connectivity index (χ0) is 20.3. The quantitative estimate of drug-likeness (QED) is 0.248. The van der Waals surface area contributed by atoms with Gasteiger partial charge >= 0.3 is 29.6 Å². The van der Waals surface area contributed by atoms with Crippen molar-refractivity contribution < 1.29 is 53.8 Å². The van der Waals surface area contributed by atoms with Crippen molar-refractivity contribution in [3.63, 3.8) is 0 Å². The van der Waals surface area contributed by atoms with Gasteiger partial charge in [-0.1, -0.05) is 37.3 Å². The number of ketones is 1. The van der Waals surface area contributed by atoms with E-state index in [1.807, 2.05) is 37.3 Å². The Morgan fingerprint density at radius 1 is 1.17 bits per heavy atom. The van der Waals surface area contributed by atoms with E-state index in [0.717, 1.165) is 5.56 Å². The van der Waals surface area contributed by atoms with Crippen molar-refractivity contribution in [2.45, 2.75) is 19.8 Å². The van der Waals surface area contributed by atoms with Crippen molar-refractivity contribution >= 4 is 23.2 Å². The number of nitrogens with zero attached hydrogens (tertiary/aromatic N) is 2. The number of aliphatic carboxylic acids is 1. The third-order valence-electron chi connectivity index (χ3n) is 4.36. The van der Waals surface area contributed by atoms with Crippen molar-refractivity contribution in [2.75, 3.05) is 6.61 Å². The Morgan fingerprint density at radius 2 is 1.86 bits per heavy atom. The van der Waals surface area contributed by atoms with E-state index < -0.39 is 24.3 Å². The molecular weight excluding hydrogens is 385 g/mol. The van der Waals surface area contributed by atoms with Crippen LogP contribution in [0.15, 0.2) is 42.6 Å². The number of aromatic nitrogens is 2. The van der Waals surface area contributed by atoms with Crippen molar-refractivity contribution in [1.82, 2.24) is 9.61 Å². The summed E-state index contributed by atoms with van der Waals surface area (Å²) in [6.45, 7) is 1.15. The second kappa shape index (κ2) is 9.69. The van der Waals surface area contributed by atoms with Crippen LogP contribution in [-0.2, 0) is 22.4 Å². The molecule has 9 heteroatoms. The average Bonchev–Trinajstić information content (AvgIpc) is 3.00. The standard InChI is InChI=1S/C20H19N3O5.Na/c1-2-13-14(10-12-6-4-3-5-7-12)23-18(17(13)19(26)20(21)27)15(8-9-22-23)28-11-16(24)25;/h3-9H,2,10-11H2,1H3,(H2,21,27)(H,24,25);/q;+1/p-1. The summed E-state index contributed by atoms with van der Waals surface area (Å²) >= 11 is 0. The molecule has 0 spiro atoms. The molecule has 0 aliphatic carbocycles. The van der Waals surface area contributed by atoms with Gasteiger partial charge in [0.25, 0.3) is 11.7 Å². The van der Waals surface area contributed by atoms with Crippen LogP contribution in [-0.4, -0.2) is 33.9 Å². The predicted molar refractivity (Wildman–Crippen MR) is 97.8 cm³/mol. The van der Waals surface area contributed by atoms with E-state index in [4.69, 9.17) is 10.5 Å². The molecule has 0 saturated heterocycles. The van der Waals surface area contributed by atoms with E-state index in [1.54, 1.807) is 0 Å². The molecule has 3 aromatic rings. The Bertz CT molecular complexity index is 1060. The summed E-state index contributed by atoms with van der Waals surface area (Å²) in [4.78, 5) is 35.1. The minimum Gasteiger partial charge on any atom is -0.546 e. The second-order valence-electron chi connectivity index (χ2n) is 6.13. The van der Waals surface area contributed by atoms with Crippen molar-refractivity contribution in [2.24, 2.45) is 5.73 Å². The van der Waals surface area contributed by atoms with Crippen LogP contribution in [0.4, 0.5) is 0 Å². The van der Waals surface area contributed by atoms with Crippen LogP contribution >= 0.6 is 0 Å². The van der Waals surface area contributed by atoms with Gasteiger partial charge in [-0.2, -0.15) is 5.10 Å². The molecule has 0 atom stereocenters. The normalized spacial score (nSPS) is 10.4. The van der Waals surface area contributed by atoms with Gasteiger partial charge in [0, 0.05) is 12.5 Å². The number of ether oxygens (including phenoxy) is 1. The number of hydrogen-bond acceptors (Lipinski definition) is 6. The molecule has 1 amide bonds. The summed E-state index contributed by atoms with van der Waals surface area (Å²) in [5.41, 5.74) is 7.86. The van der Waals surface area contributed by atoms with Gasteiger partial charge in [-0.05, 0) is 17.5 Å². The zero-order valence-electron chi connectivity index (χ0n) is 16.2. The molecule has 0 radical (unpaired) electrons. The summed E-state index contributed by atoms with van der Waals surface area (Å²) in [6, 6.07) is 11.0. The molecule has 2 aromatic heterocycles. The molecule has 0 unspecified atom stereocenters. The maximum absolute atomic E-state index is 12.6. The van der Waals surface area contributed by atoms with Gasteiger partial charge in [-0.15, -0.1) is 0 Å². The van der Waals surface area contributed by atoms with Gasteiger partial charge in [0.1, 0.15) is 17.9 Å². The zero-order valence-corrected chi connectivity index (χ0v) is 18.2. The Kier molecular flexibility index (Phi) is 7.55. The van der Waals surface area contributed by atoms with E-state index in [1.165, 1.54) is 16.8 Å². The molecule has 0 aliphatic rings. The number of benzene rings is 1. The molecule has 144 valence electrons. The summed E-state index contributed by atoms with van der Waals surface area (Å²) in [5, 5.41) is 15.1. The number of hydrogen-bond donors (Lipinski definition) is 1. The van der Waals surface area contributed by atoms with Gasteiger partial charge in [-0.25, -0.2) is 4.52 Å². The largest absolute Gasteiger partial charge is 1.00 e. The molecule has 0 fully saturated rings. The molecule has 3 rings (SSSR count). The number of rotatable bonds is 8. The third kappa shape index (κ3) is 4.67. The Hall–Kier alpha value is -2.68. The van der Waals surface area contributed by atoms with Crippen LogP contribution in [0.3, 0.4) is 0 Å². The minimum absolute atomic E-state index is 0. The van der Waals surface area contributed by atoms with E-state index in [0.29, 0.717) is 24.1 Å².